The highest BCUT2D eigenvalue weighted by Gasteiger charge is 2.30. The highest BCUT2D eigenvalue weighted by atomic mass is 32.2. The fourth-order valence-electron chi connectivity index (χ4n) is 1.70. The van der Waals surface area contributed by atoms with Crippen molar-refractivity contribution in [3.05, 3.63) is 29.8 Å². The van der Waals surface area contributed by atoms with Gasteiger partial charge in [0.05, 0.1) is 12.0 Å². The van der Waals surface area contributed by atoms with Crippen LogP contribution >= 0.6 is 0 Å². The van der Waals surface area contributed by atoms with Crippen molar-refractivity contribution in [2.24, 2.45) is 0 Å². The summed E-state index contributed by atoms with van der Waals surface area (Å²) < 4.78 is 28.7. The van der Waals surface area contributed by atoms with Crippen molar-refractivity contribution in [1.29, 1.82) is 0 Å². The van der Waals surface area contributed by atoms with Gasteiger partial charge in [-0.3, -0.25) is 9.59 Å². The van der Waals surface area contributed by atoms with E-state index < -0.39 is 21.1 Å². The van der Waals surface area contributed by atoms with E-state index >= 15 is 0 Å². The van der Waals surface area contributed by atoms with E-state index in [2.05, 4.69) is 4.74 Å². The number of carbonyl (C=O) groups excluding carboxylic acids is 2. The van der Waals surface area contributed by atoms with Crippen molar-refractivity contribution >= 4 is 21.6 Å². The van der Waals surface area contributed by atoms with E-state index in [-0.39, 0.29) is 10.7 Å². The predicted molar refractivity (Wildman–Crippen MR) is 74.3 cm³/mol. The molecule has 0 saturated heterocycles. The van der Waals surface area contributed by atoms with Gasteiger partial charge in [0.1, 0.15) is 0 Å². The smallest absolute Gasteiger partial charge is 0.324 e. The molecule has 20 heavy (non-hydrogen) atoms. The van der Waals surface area contributed by atoms with Crippen LogP contribution < -0.4 is 0 Å². The highest BCUT2D eigenvalue weighted by molar-refractivity contribution is 7.92. The van der Waals surface area contributed by atoms with Crippen LogP contribution in [0, 0.1) is 0 Å². The topological polar surface area (TPSA) is 77.5 Å². The van der Waals surface area contributed by atoms with E-state index in [1.165, 1.54) is 31.2 Å². The molecule has 1 unspecified atom stereocenters. The zero-order valence-electron chi connectivity index (χ0n) is 11.8. The molecular weight excluding hydrogens is 280 g/mol. The summed E-state index contributed by atoms with van der Waals surface area (Å²) in [5, 5.41) is -1.27. The maximum atomic E-state index is 12.2. The van der Waals surface area contributed by atoms with Crippen LogP contribution in [0.3, 0.4) is 0 Å². The number of hydrogen-bond acceptors (Lipinski definition) is 5. The van der Waals surface area contributed by atoms with Crippen molar-refractivity contribution in [2.75, 3.05) is 7.11 Å². The van der Waals surface area contributed by atoms with Crippen LogP contribution in [-0.4, -0.2) is 32.5 Å². The number of benzene rings is 1. The molecule has 0 aromatic heterocycles. The van der Waals surface area contributed by atoms with Crippen LogP contribution in [0.15, 0.2) is 29.2 Å². The lowest BCUT2D eigenvalue weighted by Gasteiger charge is -2.11. The lowest BCUT2D eigenvalue weighted by molar-refractivity contribution is -0.139. The van der Waals surface area contributed by atoms with Crippen LogP contribution in [-0.2, 0) is 19.4 Å². The largest absolute Gasteiger partial charge is 0.468 e. The molecule has 0 amide bonds. The number of methoxy groups -OCH3 is 1. The second kappa shape index (κ2) is 6.65. The highest BCUT2D eigenvalue weighted by Crippen LogP contribution is 2.18. The molecule has 0 radical (unpaired) electrons. The van der Waals surface area contributed by atoms with Gasteiger partial charge in [0, 0.05) is 12.0 Å². The summed E-state index contributed by atoms with van der Waals surface area (Å²) in [5.41, 5.74) is 0.469. The predicted octanol–water partition coefficient (Wildman–Crippen LogP) is 2.00. The fraction of sp³-hybridized carbons (Fsp3) is 0.429. The van der Waals surface area contributed by atoms with Crippen LogP contribution in [0.1, 0.15) is 37.0 Å². The molecule has 0 bridgehead atoms. The van der Waals surface area contributed by atoms with E-state index in [4.69, 9.17) is 0 Å². The van der Waals surface area contributed by atoms with Gasteiger partial charge in [-0.1, -0.05) is 19.1 Å². The lowest BCUT2D eigenvalue weighted by Crippen LogP contribution is -2.28. The molecule has 110 valence electrons. The van der Waals surface area contributed by atoms with E-state index in [1.807, 2.05) is 6.92 Å². The third-order valence-corrected chi connectivity index (χ3v) is 5.03. The Kier molecular flexibility index (Phi) is 5.44. The molecule has 0 N–H and O–H groups in total. The standard InChI is InChI=1S/C14H18O5S/c1-4-5-13(15)11-6-8-12(9-7-11)20(17,18)10(2)14(16)19-3/h6-10H,4-5H2,1-3H3. The molecular formula is C14H18O5S. The van der Waals surface area contributed by atoms with Gasteiger partial charge in [0.25, 0.3) is 0 Å². The van der Waals surface area contributed by atoms with Crippen LogP contribution in [0.2, 0.25) is 0 Å². The number of esters is 1. The van der Waals surface area contributed by atoms with E-state index in [1.54, 1.807) is 0 Å². The molecule has 5 nitrogen and oxygen atoms in total. The Morgan fingerprint density at radius 2 is 1.75 bits per heavy atom. The number of ether oxygens (including phenoxy) is 1. The Bertz CT molecular complexity index is 586. The van der Waals surface area contributed by atoms with Crippen molar-refractivity contribution in [3.8, 4) is 0 Å². The summed E-state index contributed by atoms with van der Waals surface area (Å²) in [6.45, 7) is 3.17. The number of carbonyl (C=O) groups is 2. The number of ketones is 1. The molecule has 6 heteroatoms. The average Bonchev–Trinajstić information content (AvgIpc) is 2.45. The third kappa shape index (κ3) is 3.45. The Balaban J connectivity index is 3.04. The first-order chi connectivity index (χ1) is 9.34. The number of rotatable bonds is 6. The summed E-state index contributed by atoms with van der Waals surface area (Å²) in [7, 11) is -2.65. The SMILES string of the molecule is CCCC(=O)c1ccc(S(=O)(=O)C(C)C(=O)OC)cc1. The second-order valence-electron chi connectivity index (χ2n) is 4.41. The van der Waals surface area contributed by atoms with Crippen molar-refractivity contribution in [3.63, 3.8) is 0 Å². The molecule has 0 saturated carbocycles. The van der Waals surface area contributed by atoms with Crippen molar-refractivity contribution < 1.29 is 22.7 Å². The van der Waals surface area contributed by atoms with Gasteiger partial charge in [-0.15, -0.1) is 0 Å². The minimum atomic E-state index is -3.79. The molecule has 0 aliphatic carbocycles. The van der Waals surface area contributed by atoms with Gasteiger partial charge in [-0.05, 0) is 25.5 Å². The summed E-state index contributed by atoms with van der Waals surface area (Å²) in [6, 6.07) is 5.62. The average molecular weight is 298 g/mol. The van der Waals surface area contributed by atoms with Crippen LogP contribution in [0.25, 0.3) is 0 Å². The molecule has 0 fully saturated rings. The monoisotopic (exact) mass is 298 g/mol. The van der Waals surface area contributed by atoms with Crippen LogP contribution in [0.5, 0.6) is 0 Å². The van der Waals surface area contributed by atoms with E-state index in [0.717, 1.165) is 13.5 Å². The molecule has 1 aromatic carbocycles. The molecule has 1 atom stereocenters. The Morgan fingerprint density at radius 3 is 2.20 bits per heavy atom. The summed E-state index contributed by atoms with van der Waals surface area (Å²) >= 11 is 0. The lowest BCUT2D eigenvalue weighted by atomic mass is 10.1. The minimum absolute atomic E-state index is 0.00319. The van der Waals surface area contributed by atoms with Gasteiger partial charge < -0.3 is 4.74 Å². The van der Waals surface area contributed by atoms with E-state index in [9.17, 15) is 18.0 Å². The molecule has 1 rings (SSSR count). The summed E-state index contributed by atoms with van der Waals surface area (Å²) in [4.78, 5) is 23.0. The first kappa shape index (κ1) is 16.4. The zero-order chi connectivity index (χ0) is 15.3. The molecule has 0 aliphatic heterocycles. The second-order valence-corrected chi connectivity index (χ2v) is 6.68. The Labute approximate surface area is 118 Å². The normalized spacial score (nSPS) is 12.8. The van der Waals surface area contributed by atoms with Gasteiger partial charge in [-0.2, -0.15) is 0 Å². The molecule has 0 aliphatic rings. The maximum absolute atomic E-state index is 12.2. The van der Waals surface area contributed by atoms with E-state index in [0.29, 0.717) is 12.0 Å². The third-order valence-electron chi connectivity index (χ3n) is 2.98. The van der Waals surface area contributed by atoms with Gasteiger partial charge in [0.15, 0.2) is 20.9 Å². The molecule has 1 aromatic rings. The Morgan fingerprint density at radius 1 is 1.20 bits per heavy atom. The maximum Gasteiger partial charge on any atom is 0.324 e. The van der Waals surface area contributed by atoms with Crippen LogP contribution in [0.4, 0.5) is 0 Å². The zero-order valence-corrected chi connectivity index (χ0v) is 12.6. The first-order valence-corrected chi connectivity index (χ1v) is 7.84. The molecule has 0 heterocycles. The van der Waals surface area contributed by atoms with Gasteiger partial charge >= 0.3 is 5.97 Å². The summed E-state index contributed by atoms with van der Waals surface area (Å²) in [6.07, 6.45) is 1.16. The fourth-order valence-corrected chi connectivity index (χ4v) is 2.97. The van der Waals surface area contributed by atoms with Gasteiger partial charge in [-0.25, -0.2) is 8.42 Å². The number of hydrogen-bond donors (Lipinski definition) is 0. The van der Waals surface area contributed by atoms with Gasteiger partial charge in [0.2, 0.25) is 0 Å². The summed E-state index contributed by atoms with van der Waals surface area (Å²) in [5.74, 6) is -0.839. The Hall–Kier alpha value is -1.69. The number of sulfone groups is 1. The first-order valence-electron chi connectivity index (χ1n) is 6.29. The van der Waals surface area contributed by atoms with Crippen molar-refractivity contribution in [2.45, 2.75) is 36.8 Å². The number of Topliss-reactive ketones (excluding diaryl/α,β-unsaturated/α-hetero) is 1. The minimum Gasteiger partial charge on any atom is -0.468 e. The quantitative estimate of drug-likeness (QED) is 0.593. The van der Waals surface area contributed by atoms with Crippen molar-refractivity contribution in [1.82, 2.24) is 0 Å². The molecule has 0 spiro atoms.